The van der Waals surface area contributed by atoms with Crippen LogP contribution >= 0.6 is 11.6 Å². The van der Waals surface area contributed by atoms with Gasteiger partial charge in [0.05, 0.1) is 16.8 Å². The van der Waals surface area contributed by atoms with Gasteiger partial charge in [0.1, 0.15) is 5.82 Å². The highest BCUT2D eigenvalue weighted by Gasteiger charge is 2.24. The lowest BCUT2D eigenvalue weighted by Crippen LogP contribution is -2.48. The number of carbonyl (C=O) groups is 1. The molecule has 2 aromatic carbocycles. The number of sulfonamides is 1. The van der Waals surface area contributed by atoms with E-state index in [-0.39, 0.29) is 16.7 Å². The number of nitrogens with zero attached hydrogens (tertiary/aromatic N) is 2. The van der Waals surface area contributed by atoms with Gasteiger partial charge in [-0.05, 0) is 42.5 Å². The molecule has 144 valence electrons. The molecule has 27 heavy (non-hydrogen) atoms. The summed E-state index contributed by atoms with van der Waals surface area (Å²) in [5.41, 5.74) is 1.55. The maximum atomic E-state index is 13.0. The summed E-state index contributed by atoms with van der Waals surface area (Å²) in [4.78, 5) is 16.5. The minimum Gasteiger partial charge on any atom is -0.368 e. The summed E-state index contributed by atoms with van der Waals surface area (Å²) in [5.74, 6) is -0.485. The summed E-state index contributed by atoms with van der Waals surface area (Å²) in [6, 6.07) is 10.7. The summed E-state index contributed by atoms with van der Waals surface area (Å²) >= 11 is 6.18. The first-order chi connectivity index (χ1) is 12.7. The van der Waals surface area contributed by atoms with Crippen LogP contribution in [0, 0.1) is 5.82 Å². The second kappa shape index (κ2) is 7.74. The van der Waals surface area contributed by atoms with E-state index in [1.165, 1.54) is 30.3 Å². The number of rotatable bonds is 4. The zero-order valence-corrected chi connectivity index (χ0v) is 16.2. The Morgan fingerprint density at radius 3 is 2.26 bits per heavy atom. The van der Waals surface area contributed by atoms with E-state index in [0.717, 1.165) is 11.9 Å². The summed E-state index contributed by atoms with van der Waals surface area (Å²) in [5, 5.41) is 0.189. The molecule has 1 fully saturated rings. The average molecular weight is 412 g/mol. The molecule has 3 rings (SSSR count). The summed E-state index contributed by atoms with van der Waals surface area (Å²) in [6.45, 7) is 2.27. The van der Waals surface area contributed by atoms with Crippen LogP contribution in [0.25, 0.3) is 0 Å². The highest BCUT2D eigenvalue weighted by Crippen LogP contribution is 2.24. The molecule has 0 unspecified atom stereocenters. The smallest absolute Gasteiger partial charge is 0.255 e. The Labute approximate surface area is 162 Å². The fourth-order valence-corrected chi connectivity index (χ4v) is 3.77. The predicted octanol–water partition coefficient (Wildman–Crippen LogP) is 2.81. The van der Waals surface area contributed by atoms with Gasteiger partial charge in [-0.3, -0.25) is 9.52 Å². The number of hydrogen-bond acceptors (Lipinski definition) is 4. The van der Waals surface area contributed by atoms with Crippen molar-refractivity contribution in [3.63, 3.8) is 0 Å². The van der Waals surface area contributed by atoms with Crippen LogP contribution in [0.15, 0.2) is 42.5 Å². The van der Waals surface area contributed by atoms with Crippen molar-refractivity contribution in [2.45, 2.75) is 0 Å². The summed E-state index contributed by atoms with van der Waals surface area (Å²) < 4.78 is 37.9. The van der Waals surface area contributed by atoms with Gasteiger partial charge in [-0.15, -0.1) is 0 Å². The first-order valence-corrected chi connectivity index (χ1v) is 10.6. The van der Waals surface area contributed by atoms with E-state index in [4.69, 9.17) is 11.6 Å². The number of halogens is 2. The van der Waals surface area contributed by atoms with Crippen molar-refractivity contribution in [3.05, 3.63) is 58.9 Å². The second-order valence-corrected chi connectivity index (χ2v) is 8.48. The Balaban J connectivity index is 1.66. The molecule has 0 spiro atoms. The fourth-order valence-electron chi connectivity index (χ4n) is 2.96. The first-order valence-electron chi connectivity index (χ1n) is 8.30. The second-order valence-electron chi connectivity index (χ2n) is 6.32. The maximum absolute atomic E-state index is 13.0. The SMILES string of the molecule is CS(=O)(=O)Nc1ccc(C(=O)N2CCN(c3ccc(F)cc3)CC2)c(Cl)c1. The van der Waals surface area contributed by atoms with Gasteiger partial charge in [0.25, 0.3) is 5.91 Å². The molecule has 1 heterocycles. The Bertz CT molecular complexity index is 943. The van der Waals surface area contributed by atoms with Crippen LogP contribution in [0.1, 0.15) is 10.4 Å². The highest BCUT2D eigenvalue weighted by atomic mass is 35.5. The Morgan fingerprint density at radius 2 is 1.70 bits per heavy atom. The van der Waals surface area contributed by atoms with Crippen LogP contribution in [-0.2, 0) is 10.0 Å². The van der Waals surface area contributed by atoms with E-state index < -0.39 is 10.0 Å². The lowest BCUT2D eigenvalue weighted by molar-refractivity contribution is 0.0747. The van der Waals surface area contributed by atoms with Crippen molar-refractivity contribution in [2.75, 3.05) is 42.1 Å². The summed E-state index contributed by atoms with van der Waals surface area (Å²) in [6.07, 6.45) is 1.04. The molecular formula is C18H19ClFN3O3S. The third-order valence-corrected chi connectivity index (χ3v) is 5.18. The van der Waals surface area contributed by atoms with Gasteiger partial charge in [0.2, 0.25) is 10.0 Å². The van der Waals surface area contributed by atoms with Crippen LogP contribution in [0.4, 0.5) is 15.8 Å². The Hall–Kier alpha value is -2.32. The van der Waals surface area contributed by atoms with Gasteiger partial charge in [-0.25, -0.2) is 12.8 Å². The van der Waals surface area contributed by atoms with E-state index >= 15 is 0 Å². The van der Waals surface area contributed by atoms with Crippen LogP contribution in [0.3, 0.4) is 0 Å². The van der Waals surface area contributed by atoms with Crippen molar-refractivity contribution in [1.82, 2.24) is 4.90 Å². The van der Waals surface area contributed by atoms with Gasteiger partial charge in [0, 0.05) is 37.6 Å². The van der Waals surface area contributed by atoms with Crippen LogP contribution in [-0.4, -0.2) is 51.7 Å². The largest absolute Gasteiger partial charge is 0.368 e. The standard InChI is InChI=1S/C18H19ClFN3O3S/c1-27(25,26)21-14-4-7-16(17(19)12-14)18(24)23-10-8-22(9-11-23)15-5-2-13(20)3-6-15/h2-7,12,21H,8-11H2,1H3. The van der Waals surface area contributed by atoms with E-state index in [2.05, 4.69) is 9.62 Å². The molecule has 0 aliphatic carbocycles. The third-order valence-electron chi connectivity index (χ3n) is 4.26. The predicted molar refractivity (Wildman–Crippen MR) is 104 cm³/mol. The van der Waals surface area contributed by atoms with Gasteiger partial charge >= 0.3 is 0 Å². The number of hydrogen-bond donors (Lipinski definition) is 1. The van der Waals surface area contributed by atoms with Gasteiger partial charge < -0.3 is 9.80 Å². The van der Waals surface area contributed by atoms with E-state index in [1.54, 1.807) is 17.0 Å². The summed E-state index contributed by atoms with van der Waals surface area (Å²) in [7, 11) is -3.42. The van der Waals surface area contributed by atoms with Crippen molar-refractivity contribution in [2.24, 2.45) is 0 Å². The molecule has 1 N–H and O–H groups in total. The number of anilines is 2. The molecule has 1 saturated heterocycles. The molecule has 0 saturated carbocycles. The molecule has 0 radical (unpaired) electrons. The maximum Gasteiger partial charge on any atom is 0.255 e. The molecule has 1 amide bonds. The van der Waals surface area contributed by atoms with Gasteiger partial charge in [0.15, 0.2) is 0 Å². The lowest BCUT2D eigenvalue weighted by Gasteiger charge is -2.36. The zero-order chi connectivity index (χ0) is 19.6. The van der Waals surface area contributed by atoms with Crippen molar-refractivity contribution >= 4 is 38.9 Å². The molecule has 0 atom stereocenters. The van der Waals surface area contributed by atoms with Crippen molar-refractivity contribution < 1.29 is 17.6 Å². The highest BCUT2D eigenvalue weighted by molar-refractivity contribution is 7.92. The lowest BCUT2D eigenvalue weighted by atomic mass is 10.1. The van der Waals surface area contributed by atoms with Crippen LogP contribution in [0.2, 0.25) is 5.02 Å². The number of benzene rings is 2. The monoisotopic (exact) mass is 411 g/mol. The molecule has 1 aliphatic heterocycles. The molecular weight excluding hydrogens is 393 g/mol. The van der Waals surface area contributed by atoms with E-state index in [9.17, 15) is 17.6 Å². The first kappa shape index (κ1) is 19.4. The number of nitrogens with one attached hydrogen (secondary N) is 1. The molecule has 0 aromatic heterocycles. The molecule has 1 aliphatic rings. The zero-order valence-electron chi connectivity index (χ0n) is 14.7. The molecule has 0 bridgehead atoms. The topological polar surface area (TPSA) is 69.7 Å². The van der Waals surface area contributed by atoms with Gasteiger partial charge in [-0.2, -0.15) is 0 Å². The average Bonchev–Trinajstić information content (AvgIpc) is 2.61. The van der Waals surface area contributed by atoms with E-state index in [0.29, 0.717) is 37.4 Å². The number of carbonyl (C=O) groups excluding carboxylic acids is 1. The van der Waals surface area contributed by atoms with Crippen molar-refractivity contribution in [1.29, 1.82) is 0 Å². The minimum absolute atomic E-state index is 0.189. The Morgan fingerprint density at radius 1 is 1.07 bits per heavy atom. The van der Waals surface area contributed by atoms with Crippen LogP contribution in [0.5, 0.6) is 0 Å². The molecule has 9 heteroatoms. The molecule has 6 nitrogen and oxygen atoms in total. The Kier molecular flexibility index (Phi) is 5.57. The molecule has 2 aromatic rings. The number of amides is 1. The number of piperazine rings is 1. The fraction of sp³-hybridized carbons (Fsp3) is 0.278. The van der Waals surface area contributed by atoms with E-state index in [1.807, 2.05) is 0 Å². The van der Waals surface area contributed by atoms with Crippen LogP contribution < -0.4 is 9.62 Å². The normalized spacial score (nSPS) is 14.9. The minimum atomic E-state index is -3.42. The van der Waals surface area contributed by atoms with Crippen molar-refractivity contribution in [3.8, 4) is 0 Å². The third kappa shape index (κ3) is 4.90. The quantitative estimate of drug-likeness (QED) is 0.839. The van der Waals surface area contributed by atoms with Gasteiger partial charge in [-0.1, -0.05) is 11.6 Å².